The van der Waals surface area contributed by atoms with Gasteiger partial charge in [0.25, 0.3) is 5.91 Å². The highest BCUT2D eigenvalue weighted by Crippen LogP contribution is 2.44. The second kappa shape index (κ2) is 11.1. The number of aryl methyl sites for hydroxylation is 2. The van der Waals surface area contributed by atoms with Crippen LogP contribution >= 0.6 is 11.8 Å². The van der Waals surface area contributed by atoms with Crippen molar-refractivity contribution in [1.82, 2.24) is 19.4 Å². The number of nitrogens with zero attached hydrogens (tertiary/aromatic N) is 4. The zero-order valence-corrected chi connectivity index (χ0v) is 25.4. The number of nitrogens with one attached hydrogen (secondary N) is 1. The van der Waals surface area contributed by atoms with E-state index in [2.05, 4.69) is 34.2 Å². The van der Waals surface area contributed by atoms with E-state index in [4.69, 9.17) is 10.1 Å². The number of carboxylic acids is 1. The Hall–Kier alpha value is -3.85. The minimum atomic E-state index is -0.986. The molecule has 2 saturated carbocycles. The van der Waals surface area contributed by atoms with Crippen molar-refractivity contribution in [2.45, 2.75) is 56.4 Å². The van der Waals surface area contributed by atoms with Crippen molar-refractivity contribution >= 4 is 56.7 Å². The Kier molecular flexibility index (Phi) is 7.47. The van der Waals surface area contributed by atoms with Gasteiger partial charge in [0.15, 0.2) is 0 Å². The monoisotopic (exact) mass is 583 g/mol. The number of thioether (sulfide) groups is 1. The van der Waals surface area contributed by atoms with E-state index in [0.717, 1.165) is 58.3 Å². The van der Waals surface area contributed by atoms with Crippen LogP contribution < -0.4 is 5.32 Å². The number of aliphatic carboxylic acids is 1. The summed E-state index contributed by atoms with van der Waals surface area (Å²) in [5.41, 5.74) is 6.21. The lowest BCUT2D eigenvalue weighted by Gasteiger charge is -2.41. The highest BCUT2D eigenvalue weighted by Gasteiger charge is 2.44. The average molecular weight is 584 g/mol. The molecule has 2 aliphatic rings. The smallest absolute Gasteiger partial charge is 0.328 e. The van der Waals surface area contributed by atoms with E-state index in [1.54, 1.807) is 17.8 Å². The number of fused-ring (bicyclic) bond motifs is 2. The summed E-state index contributed by atoms with van der Waals surface area (Å²) >= 11 is 1.67. The van der Waals surface area contributed by atoms with Gasteiger partial charge in [-0.25, -0.2) is 9.78 Å². The molecule has 6 rings (SSSR count). The summed E-state index contributed by atoms with van der Waals surface area (Å²) in [6, 6.07) is 11.8. The number of hydrogen-bond donors (Lipinski definition) is 2. The van der Waals surface area contributed by atoms with E-state index in [-0.39, 0.29) is 5.91 Å². The van der Waals surface area contributed by atoms with Gasteiger partial charge < -0.3 is 19.6 Å². The molecule has 0 saturated heterocycles. The second-order valence-corrected chi connectivity index (χ2v) is 12.4. The molecular formula is C33H37N5O3S. The van der Waals surface area contributed by atoms with Crippen LogP contribution in [0.2, 0.25) is 0 Å². The molecule has 218 valence electrons. The molecular weight excluding hydrogens is 546 g/mol. The summed E-state index contributed by atoms with van der Waals surface area (Å²) in [6.07, 6.45) is 12.3. The normalized spacial score (nSPS) is 17.4. The second-order valence-electron chi connectivity index (χ2n) is 11.6. The van der Waals surface area contributed by atoms with Gasteiger partial charge in [0.2, 0.25) is 0 Å². The fourth-order valence-electron chi connectivity index (χ4n) is 6.92. The molecule has 0 unspecified atom stereocenters. The quantitative estimate of drug-likeness (QED) is 0.150. The largest absolute Gasteiger partial charge is 0.478 e. The van der Waals surface area contributed by atoms with Gasteiger partial charge in [0.05, 0.1) is 22.3 Å². The van der Waals surface area contributed by atoms with Crippen LogP contribution in [0.5, 0.6) is 0 Å². The minimum absolute atomic E-state index is 0.104. The maximum absolute atomic E-state index is 13.9. The first-order chi connectivity index (χ1) is 20.3. The molecule has 2 fully saturated rings. The zero-order valence-electron chi connectivity index (χ0n) is 24.6. The van der Waals surface area contributed by atoms with Crippen LogP contribution in [-0.4, -0.2) is 49.4 Å². The first-order valence-corrected chi connectivity index (χ1v) is 15.8. The Morgan fingerprint density at radius 1 is 1.07 bits per heavy atom. The number of imidazole rings is 1. The van der Waals surface area contributed by atoms with Gasteiger partial charge in [-0.15, -0.1) is 11.8 Å². The lowest BCUT2D eigenvalue weighted by atomic mass is 9.75. The van der Waals surface area contributed by atoms with Gasteiger partial charge in [-0.3, -0.25) is 9.79 Å². The SMILES string of the molecule is CN=C(SC)c1c(C2CCCC2)c2ccc(C(=O)NC3(c4nc5ccc(/C=C/C(=O)O)cc5n4C)CCC3)cc2n1C. The molecule has 0 atom stereocenters. The fraction of sp³-hybridized carbons (Fsp3) is 0.394. The molecule has 2 heterocycles. The number of carbonyl (C=O) groups is 2. The summed E-state index contributed by atoms with van der Waals surface area (Å²) in [5, 5.41) is 14.6. The molecule has 1 amide bonds. The molecule has 2 aromatic carbocycles. The van der Waals surface area contributed by atoms with Crippen LogP contribution in [0.4, 0.5) is 0 Å². The van der Waals surface area contributed by atoms with Gasteiger partial charge >= 0.3 is 5.97 Å². The van der Waals surface area contributed by atoms with Gasteiger partial charge in [-0.2, -0.15) is 0 Å². The predicted molar refractivity (Wildman–Crippen MR) is 170 cm³/mol. The first-order valence-electron chi connectivity index (χ1n) is 14.6. The van der Waals surface area contributed by atoms with Crippen molar-refractivity contribution in [2.24, 2.45) is 19.1 Å². The lowest BCUT2D eigenvalue weighted by molar-refractivity contribution is -0.131. The molecule has 0 spiro atoms. The number of aromatic nitrogens is 3. The molecule has 4 aromatic rings. The zero-order chi connectivity index (χ0) is 29.6. The van der Waals surface area contributed by atoms with E-state index in [9.17, 15) is 9.59 Å². The van der Waals surface area contributed by atoms with Crippen LogP contribution in [0.25, 0.3) is 28.0 Å². The summed E-state index contributed by atoms with van der Waals surface area (Å²) in [6.45, 7) is 0. The summed E-state index contributed by atoms with van der Waals surface area (Å²) in [7, 11) is 5.90. The fourth-order valence-corrected chi connectivity index (χ4v) is 7.54. The van der Waals surface area contributed by atoms with Crippen molar-refractivity contribution in [3.05, 3.63) is 70.7 Å². The van der Waals surface area contributed by atoms with Crippen LogP contribution in [0.15, 0.2) is 47.5 Å². The molecule has 42 heavy (non-hydrogen) atoms. The summed E-state index contributed by atoms with van der Waals surface area (Å²) in [4.78, 5) is 34.4. The standard InChI is InChI=1S/C33H37N5O3S/c1-34-31(42-4)29-28(21-8-5-6-9-21)23-13-12-22(19-25(23)37(29)2)30(41)36-33(16-7-17-33)32-35-24-14-10-20(11-15-27(39)40)18-26(24)38(32)3/h10-15,18-19,21H,5-9,16-17H2,1-4H3,(H,36,41)(H,39,40)/b15-11+,34-31?. The average Bonchev–Trinajstić information content (AvgIpc) is 3.68. The maximum atomic E-state index is 13.9. The van der Waals surface area contributed by atoms with E-state index in [1.165, 1.54) is 42.3 Å². The van der Waals surface area contributed by atoms with Crippen LogP contribution in [-0.2, 0) is 24.4 Å². The number of carboxylic acid groups (broad SMARTS) is 1. The van der Waals surface area contributed by atoms with E-state index in [0.29, 0.717) is 11.5 Å². The lowest BCUT2D eigenvalue weighted by Crippen LogP contribution is -2.52. The van der Waals surface area contributed by atoms with E-state index < -0.39 is 11.5 Å². The number of benzene rings is 2. The molecule has 2 aromatic heterocycles. The first kappa shape index (κ1) is 28.3. The van der Waals surface area contributed by atoms with Crippen molar-refractivity contribution in [1.29, 1.82) is 0 Å². The molecule has 2 N–H and O–H groups in total. The highest BCUT2D eigenvalue weighted by atomic mass is 32.2. The Morgan fingerprint density at radius 2 is 1.83 bits per heavy atom. The molecule has 8 nitrogen and oxygen atoms in total. The Labute approximate surface area is 249 Å². The Balaban J connectivity index is 1.35. The van der Waals surface area contributed by atoms with Gasteiger partial charge in [0.1, 0.15) is 10.9 Å². The van der Waals surface area contributed by atoms with Crippen molar-refractivity contribution < 1.29 is 14.7 Å². The van der Waals surface area contributed by atoms with E-state index in [1.807, 2.05) is 49.0 Å². The number of aliphatic imine (C=N–C) groups is 1. The summed E-state index contributed by atoms with van der Waals surface area (Å²) < 4.78 is 4.25. The minimum Gasteiger partial charge on any atom is -0.478 e. The van der Waals surface area contributed by atoms with Crippen molar-refractivity contribution in [3.63, 3.8) is 0 Å². The highest BCUT2D eigenvalue weighted by molar-refractivity contribution is 8.13. The molecule has 0 bridgehead atoms. The third-order valence-electron chi connectivity index (χ3n) is 9.18. The number of carbonyl (C=O) groups excluding carboxylic acids is 1. The maximum Gasteiger partial charge on any atom is 0.328 e. The Bertz CT molecular complexity index is 1770. The molecule has 0 radical (unpaired) electrons. The predicted octanol–water partition coefficient (Wildman–Crippen LogP) is 6.37. The Morgan fingerprint density at radius 3 is 2.48 bits per heavy atom. The summed E-state index contributed by atoms with van der Waals surface area (Å²) in [5.74, 6) is 0.252. The van der Waals surface area contributed by atoms with Crippen LogP contribution in [0.3, 0.4) is 0 Å². The van der Waals surface area contributed by atoms with Crippen LogP contribution in [0, 0.1) is 0 Å². The topological polar surface area (TPSA) is 102 Å². The third-order valence-corrected chi connectivity index (χ3v) is 9.94. The van der Waals surface area contributed by atoms with Gasteiger partial charge in [-0.1, -0.05) is 25.0 Å². The van der Waals surface area contributed by atoms with Gasteiger partial charge in [-0.05, 0) is 85.7 Å². The molecule has 2 aliphatic carbocycles. The van der Waals surface area contributed by atoms with E-state index >= 15 is 0 Å². The molecule has 0 aliphatic heterocycles. The number of hydrogen-bond acceptors (Lipinski definition) is 5. The van der Waals surface area contributed by atoms with Crippen LogP contribution in [0.1, 0.15) is 83.9 Å². The van der Waals surface area contributed by atoms with Crippen molar-refractivity contribution in [3.8, 4) is 0 Å². The number of rotatable bonds is 7. The van der Waals surface area contributed by atoms with Gasteiger partial charge in [0, 0.05) is 43.7 Å². The van der Waals surface area contributed by atoms with Crippen molar-refractivity contribution in [2.75, 3.05) is 13.3 Å². The molecule has 9 heteroatoms. The third kappa shape index (κ3) is 4.73. The number of amides is 1.